The van der Waals surface area contributed by atoms with Crippen LogP contribution in [0.5, 0.6) is 5.88 Å². The Morgan fingerprint density at radius 2 is 2.19 bits per heavy atom. The second-order valence-corrected chi connectivity index (χ2v) is 4.95. The number of anilines is 1. The van der Waals surface area contributed by atoms with Crippen LogP contribution in [0, 0.1) is 0 Å². The number of hydrogen-bond acceptors (Lipinski definition) is 5. The molecule has 1 atom stereocenters. The largest absolute Gasteiger partial charge is 0.481 e. The van der Waals surface area contributed by atoms with Gasteiger partial charge in [0, 0.05) is 10.9 Å². The lowest BCUT2D eigenvalue weighted by atomic mass is 10.2. The van der Waals surface area contributed by atoms with E-state index in [0.717, 1.165) is 0 Å². The van der Waals surface area contributed by atoms with Crippen LogP contribution in [0.3, 0.4) is 0 Å². The van der Waals surface area contributed by atoms with Gasteiger partial charge in [0.15, 0.2) is 6.04 Å². The lowest BCUT2D eigenvalue weighted by Crippen LogP contribution is -2.36. The van der Waals surface area contributed by atoms with E-state index >= 15 is 0 Å². The highest BCUT2D eigenvalue weighted by molar-refractivity contribution is 7.10. The van der Waals surface area contributed by atoms with Crippen molar-refractivity contribution in [2.45, 2.75) is 6.04 Å². The second-order valence-electron chi connectivity index (χ2n) is 3.97. The predicted octanol–water partition coefficient (Wildman–Crippen LogP) is 2.10. The molecule has 3 N–H and O–H groups in total. The zero-order valence-corrected chi connectivity index (χ0v) is 11.9. The normalized spacial score (nSPS) is 11.5. The molecule has 110 valence electrons. The first-order valence-electron chi connectivity index (χ1n) is 5.94. The van der Waals surface area contributed by atoms with Crippen molar-refractivity contribution < 1.29 is 19.4 Å². The van der Waals surface area contributed by atoms with Crippen LogP contribution in [0.4, 0.5) is 10.5 Å². The van der Waals surface area contributed by atoms with Crippen molar-refractivity contribution >= 4 is 29.0 Å². The summed E-state index contributed by atoms with van der Waals surface area (Å²) in [5.41, 5.74) is 0.434. The number of nitrogens with zero attached hydrogens (tertiary/aromatic N) is 1. The Hall–Kier alpha value is -2.61. The van der Waals surface area contributed by atoms with Crippen molar-refractivity contribution in [3.05, 3.63) is 40.7 Å². The number of aromatic nitrogens is 1. The van der Waals surface area contributed by atoms with Crippen LogP contribution in [0.15, 0.2) is 35.8 Å². The van der Waals surface area contributed by atoms with E-state index in [9.17, 15) is 9.59 Å². The molecule has 8 heteroatoms. The zero-order valence-electron chi connectivity index (χ0n) is 11.1. The Balaban J connectivity index is 2.00. The minimum Gasteiger partial charge on any atom is -0.481 e. The van der Waals surface area contributed by atoms with Gasteiger partial charge in [-0.15, -0.1) is 11.3 Å². The molecule has 7 nitrogen and oxygen atoms in total. The van der Waals surface area contributed by atoms with E-state index in [1.165, 1.54) is 24.6 Å². The van der Waals surface area contributed by atoms with Gasteiger partial charge >= 0.3 is 12.0 Å². The molecule has 0 bridgehead atoms. The van der Waals surface area contributed by atoms with Crippen LogP contribution in [-0.4, -0.2) is 29.2 Å². The number of pyridine rings is 1. The van der Waals surface area contributed by atoms with Crippen LogP contribution in [0.25, 0.3) is 0 Å². The van der Waals surface area contributed by atoms with Crippen molar-refractivity contribution in [1.29, 1.82) is 0 Å². The number of urea groups is 1. The Kier molecular flexibility index (Phi) is 4.72. The van der Waals surface area contributed by atoms with Gasteiger partial charge in [0.05, 0.1) is 19.0 Å². The summed E-state index contributed by atoms with van der Waals surface area (Å²) in [7, 11) is 1.49. The number of aliphatic carboxylic acids is 1. The zero-order chi connectivity index (χ0) is 15.2. The molecule has 2 rings (SSSR count). The van der Waals surface area contributed by atoms with Gasteiger partial charge in [0.2, 0.25) is 5.88 Å². The van der Waals surface area contributed by atoms with Gasteiger partial charge in [0.25, 0.3) is 0 Å². The Labute approximate surface area is 124 Å². The number of thiophene rings is 1. The molecule has 0 spiro atoms. The molecule has 0 aliphatic heterocycles. The van der Waals surface area contributed by atoms with Crippen molar-refractivity contribution in [1.82, 2.24) is 10.3 Å². The monoisotopic (exact) mass is 307 g/mol. The number of hydrogen-bond donors (Lipinski definition) is 3. The topological polar surface area (TPSA) is 101 Å². The van der Waals surface area contributed by atoms with E-state index < -0.39 is 18.0 Å². The van der Waals surface area contributed by atoms with Gasteiger partial charge in [-0.05, 0) is 17.5 Å². The van der Waals surface area contributed by atoms with E-state index in [4.69, 9.17) is 9.84 Å². The summed E-state index contributed by atoms with van der Waals surface area (Å²) in [6.07, 6.45) is 1.42. The van der Waals surface area contributed by atoms with Gasteiger partial charge < -0.3 is 20.5 Å². The van der Waals surface area contributed by atoms with Crippen molar-refractivity contribution in [3.63, 3.8) is 0 Å². The maximum Gasteiger partial charge on any atom is 0.331 e. The number of methoxy groups -OCH3 is 1. The molecule has 0 radical (unpaired) electrons. The molecule has 2 aromatic rings. The number of amides is 2. The molecule has 0 aromatic carbocycles. The van der Waals surface area contributed by atoms with Crippen LogP contribution in [-0.2, 0) is 4.79 Å². The maximum atomic E-state index is 11.8. The Morgan fingerprint density at radius 1 is 1.38 bits per heavy atom. The van der Waals surface area contributed by atoms with Gasteiger partial charge in [-0.3, -0.25) is 0 Å². The molecule has 2 heterocycles. The fourth-order valence-corrected chi connectivity index (χ4v) is 2.35. The number of ether oxygens (including phenoxy) is 1. The molecule has 0 saturated heterocycles. The maximum absolute atomic E-state index is 11.8. The van der Waals surface area contributed by atoms with Gasteiger partial charge in [-0.2, -0.15) is 0 Å². The SMILES string of the molecule is COc1ccc(NC(=O)NC(C(=O)O)c2cccs2)cn1. The molecule has 2 aromatic heterocycles. The third kappa shape index (κ3) is 3.93. The van der Waals surface area contributed by atoms with E-state index in [-0.39, 0.29) is 0 Å². The first-order chi connectivity index (χ1) is 10.1. The van der Waals surface area contributed by atoms with Gasteiger partial charge in [0.1, 0.15) is 0 Å². The van der Waals surface area contributed by atoms with Crippen molar-refractivity contribution in [3.8, 4) is 5.88 Å². The summed E-state index contributed by atoms with van der Waals surface area (Å²) in [4.78, 5) is 27.5. The van der Waals surface area contributed by atoms with E-state index in [2.05, 4.69) is 15.6 Å². The molecule has 21 heavy (non-hydrogen) atoms. The molecule has 0 aliphatic rings. The Bertz CT molecular complexity index is 613. The number of carbonyl (C=O) groups excluding carboxylic acids is 1. The molecule has 0 aliphatic carbocycles. The first kappa shape index (κ1) is 14.8. The highest BCUT2D eigenvalue weighted by Gasteiger charge is 2.22. The summed E-state index contributed by atoms with van der Waals surface area (Å²) in [6.45, 7) is 0. The van der Waals surface area contributed by atoms with Crippen molar-refractivity contribution in [2.75, 3.05) is 12.4 Å². The lowest BCUT2D eigenvalue weighted by molar-refractivity contribution is -0.139. The highest BCUT2D eigenvalue weighted by atomic mass is 32.1. The van der Waals surface area contributed by atoms with Gasteiger partial charge in [-0.25, -0.2) is 14.6 Å². The molecule has 0 fully saturated rings. The summed E-state index contributed by atoms with van der Waals surface area (Å²) >= 11 is 1.26. The van der Waals surface area contributed by atoms with E-state index in [0.29, 0.717) is 16.4 Å². The Morgan fingerprint density at radius 3 is 2.71 bits per heavy atom. The average molecular weight is 307 g/mol. The fraction of sp³-hybridized carbons (Fsp3) is 0.154. The van der Waals surface area contributed by atoms with E-state index in [1.54, 1.807) is 29.6 Å². The number of carbonyl (C=O) groups is 2. The van der Waals surface area contributed by atoms with Crippen LogP contribution in [0.2, 0.25) is 0 Å². The van der Waals surface area contributed by atoms with Crippen LogP contribution in [0.1, 0.15) is 10.9 Å². The minimum absolute atomic E-state index is 0.419. The number of rotatable bonds is 5. The highest BCUT2D eigenvalue weighted by Crippen LogP contribution is 2.19. The molecular weight excluding hydrogens is 294 g/mol. The molecule has 0 saturated carbocycles. The van der Waals surface area contributed by atoms with Crippen LogP contribution >= 0.6 is 11.3 Å². The molecular formula is C13H13N3O4S. The summed E-state index contributed by atoms with van der Waals surface area (Å²) in [5, 5.41) is 15.8. The standard InChI is InChI=1S/C13H13N3O4S/c1-20-10-5-4-8(7-14-10)15-13(19)16-11(12(17)18)9-3-2-6-21-9/h2-7,11H,1H3,(H,17,18)(H2,15,16,19). The third-order valence-corrected chi connectivity index (χ3v) is 3.49. The minimum atomic E-state index is -1.12. The summed E-state index contributed by atoms with van der Waals surface area (Å²) in [6, 6.07) is 4.86. The fourth-order valence-electron chi connectivity index (χ4n) is 1.58. The average Bonchev–Trinajstić information content (AvgIpc) is 2.99. The summed E-state index contributed by atoms with van der Waals surface area (Å²) < 4.78 is 4.90. The molecule has 2 amide bonds. The number of carboxylic acid groups (broad SMARTS) is 1. The first-order valence-corrected chi connectivity index (χ1v) is 6.82. The van der Waals surface area contributed by atoms with Crippen LogP contribution < -0.4 is 15.4 Å². The lowest BCUT2D eigenvalue weighted by Gasteiger charge is -2.13. The van der Waals surface area contributed by atoms with Crippen molar-refractivity contribution in [2.24, 2.45) is 0 Å². The quantitative estimate of drug-likeness (QED) is 0.785. The van der Waals surface area contributed by atoms with Gasteiger partial charge in [-0.1, -0.05) is 6.07 Å². The van der Waals surface area contributed by atoms with E-state index in [1.807, 2.05) is 0 Å². The third-order valence-electron chi connectivity index (χ3n) is 2.55. The predicted molar refractivity (Wildman–Crippen MR) is 77.6 cm³/mol. The summed E-state index contributed by atoms with van der Waals surface area (Å²) in [5.74, 6) is -0.705. The smallest absolute Gasteiger partial charge is 0.331 e. The second kappa shape index (κ2) is 6.71. The molecule has 1 unspecified atom stereocenters. The number of carboxylic acids is 1. The number of nitrogens with one attached hydrogen (secondary N) is 2.